The third-order valence-corrected chi connectivity index (χ3v) is 2.91. The van der Waals surface area contributed by atoms with Crippen molar-refractivity contribution in [2.24, 2.45) is 0 Å². The molecule has 110 valence electrons. The van der Waals surface area contributed by atoms with Gasteiger partial charge in [0.05, 0.1) is 11.7 Å². The van der Waals surface area contributed by atoms with Crippen molar-refractivity contribution in [2.75, 3.05) is 18.5 Å². The van der Waals surface area contributed by atoms with E-state index in [1.807, 2.05) is 0 Å². The van der Waals surface area contributed by atoms with Crippen LogP contribution in [0.25, 0.3) is 0 Å². The van der Waals surface area contributed by atoms with Gasteiger partial charge in [0.2, 0.25) is 5.91 Å². The minimum absolute atomic E-state index is 0.0103. The standard InChI is InChI=1S/C13H15F3N2O2/c14-13(15,16)8-20-11-6-2-1-4-9(11)18-12(19)10-5-3-7-17-10/h1-2,4,6,10,17H,3,5,7-8H2,(H,18,19). The van der Waals surface area contributed by atoms with Crippen LogP contribution in [0.3, 0.4) is 0 Å². The Balaban J connectivity index is 2.01. The minimum atomic E-state index is -4.41. The Morgan fingerprint density at radius 3 is 2.80 bits per heavy atom. The molecular formula is C13H15F3N2O2. The molecule has 0 radical (unpaired) electrons. The molecule has 1 unspecified atom stereocenters. The molecule has 1 aliphatic heterocycles. The van der Waals surface area contributed by atoms with Crippen LogP contribution in [-0.4, -0.2) is 31.3 Å². The molecule has 1 amide bonds. The van der Waals surface area contributed by atoms with Gasteiger partial charge in [-0.2, -0.15) is 13.2 Å². The zero-order valence-corrected chi connectivity index (χ0v) is 10.7. The van der Waals surface area contributed by atoms with Crippen molar-refractivity contribution < 1.29 is 22.7 Å². The molecule has 1 aliphatic rings. The maximum Gasteiger partial charge on any atom is 0.422 e. The van der Waals surface area contributed by atoms with Gasteiger partial charge in [-0.1, -0.05) is 12.1 Å². The fourth-order valence-electron chi connectivity index (χ4n) is 1.98. The first-order valence-corrected chi connectivity index (χ1v) is 6.28. The normalized spacial score (nSPS) is 18.9. The van der Waals surface area contributed by atoms with Crippen molar-refractivity contribution in [3.05, 3.63) is 24.3 Å². The van der Waals surface area contributed by atoms with Gasteiger partial charge < -0.3 is 15.4 Å². The van der Waals surface area contributed by atoms with Gasteiger partial charge in [0.15, 0.2) is 6.61 Å². The number of nitrogens with one attached hydrogen (secondary N) is 2. The topological polar surface area (TPSA) is 50.4 Å². The van der Waals surface area contributed by atoms with Crippen LogP contribution in [0.15, 0.2) is 24.3 Å². The maximum absolute atomic E-state index is 12.2. The SMILES string of the molecule is O=C(Nc1ccccc1OCC(F)(F)F)C1CCCN1. The Bertz CT molecular complexity index is 471. The smallest absolute Gasteiger partial charge is 0.422 e. The molecule has 1 aromatic rings. The fraction of sp³-hybridized carbons (Fsp3) is 0.462. The molecule has 7 heteroatoms. The molecule has 0 spiro atoms. The number of hydrogen-bond acceptors (Lipinski definition) is 3. The summed E-state index contributed by atoms with van der Waals surface area (Å²) in [4.78, 5) is 11.9. The Morgan fingerprint density at radius 1 is 1.40 bits per heavy atom. The highest BCUT2D eigenvalue weighted by molar-refractivity contribution is 5.96. The first-order valence-electron chi connectivity index (χ1n) is 6.28. The molecule has 0 aromatic heterocycles. The summed E-state index contributed by atoms with van der Waals surface area (Å²) < 4.78 is 41.2. The summed E-state index contributed by atoms with van der Waals surface area (Å²) in [5.41, 5.74) is 0.246. The second-order valence-electron chi connectivity index (χ2n) is 4.54. The monoisotopic (exact) mass is 288 g/mol. The number of hydrogen-bond donors (Lipinski definition) is 2. The lowest BCUT2D eigenvalue weighted by molar-refractivity contribution is -0.153. The third-order valence-electron chi connectivity index (χ3n) is 2.91. The van der Waals surface area contributed by atoms with Gasteiger partial charge in [-0.15, -0.1) is 0 Å². The third kappa shape index (κ3) is 4.12. The fourth-order valence-corrected chi connectivity index (χ4v) is 1.98. The summed E-state index contributed by atoms with van der Waals surface area (Å²) in [5.74, 6) is -0.248. The lowest BCUT2D eigenvalue weighted by atomic mass is 10.2. The molecule has 1 saturated heterocycles. The number of carbonyl (C=O) groups is 1. The van der Waals surface area contributed by atoms with Crippen LogP contribution in [0.4, 0.5) is 18.9 Å². The summed E-state index contributed by atoms with van der Waals surface area (Å²) in [6.45, 7) is -0.619. The van der Waals surface area contributed by atoms with Gasteiger partial charge in [0.1, 0.15) is 5.75 Å². The number of amides is 1. The van der Waals surface area contributed by atoms with E-state index in [4.69, 9.17) is 4.74 Å². The van der Waals surface area contributed by atoms with Gasteiger partial charge in [-0.3, -0.25) is 4.79 Å². The molecule has 4 nitrogen and oxygen atoms in total. The van der Waals surface area contributed by atoms with Crippen molar-refractivity contribution >= 4 is 11.6 Å². The van der Waals surface area contributed by atoms with E-state index < -0.39 is 12.8 Å². The average Bonchev–Trinajstić information content (AvgIpc) is 2.90. The Kier molecular flexibility index (Phi) is 4.49. The molecule has 2 N–H and O–H groups in total. The predicted octanol–water partition coefficient (Wildman–Crippen LogP) is 2.32. The van der Waals surface area contributed by atoms with Crippen LogP contribution in [0.1, 0.15) is 12.8 Å². The van der Waals surface area contributed by atoms with Crippen LogP contribution >= 0.6 is 0 Å². The Labute approximate surface area is 114 Å². The molecule has 0 bridgehead atoms. The second-order valence-corrected chi connectivity index (χ2v) is 4.54. The molecule has 1 heterocycles. The molecular weight excluding hydrogens is 273 g/mol. The number of carbonyl (C=O) groups excluding carboxylic acids is 1. The highest BCUT2D eigenvalue weighted by Crippen LogP contribution is 2.26. The van der Waals surface area contributed by atoms with Crippen molar-refractivity contribution in [1.29, 1.82) is 0 Å². The van der Waals surface area contributed by atoms with Crippen LogP contribution in [-0.2, 0) is 4.79 Å². The van der Waals surface area contributed by atoms with Crippen LogP contribution in [0.2, 0.25) is 0 Å². The van der Waals surface area contributed by atoms with E-state index in [1.54, 1.807) is 12.1 Å². The highest BCUT2D eigenvalue weighted by atomic mass is 19.4. The van der Waals surface area contributed by atoms with Gasteiger partial charge in [-0.25, -0.2) is 0 Å². The summed E-state index contributed by atoms with van der Waals surface area (Å²) in [6.07, 6.45) is -2.79. The summed E-state index contributed by atoms with van der Waals surface area (Å²) >= 11 is 0. The molecule has 20 heavy (non-hydrogen) atoms. The molecule has 0 aliphatic carbocycles. The molecule has 1 fully saturated rings. The first-order chi connectivity index (χ1) is 9.46. The van der Waals surface area contributed by atoms with E-state index in [0.717, 1.165) is 19.4 Å². The number of para-hydroxylation sites is 2. The number of alkyl halides is 3. The lowest BCUT2D eigenvalue weighted by Gasteiger charge is -2.15. The van der Waals surface area contributed by atoms with E-state index in [0.29, 0.717) is 0 Å². The Morgan fingerprint density at radius 2 is 2.15 bits per heavy atom. The number of benzene rings is 1. The summed E-state index contributed by atoms with van der Waals surface area (Å²) in [7, 11) is 0. The molecule has 1 atom stereocenters. The van der Waals surface area contributed by atoms with Crippen LogP contribution in [0, 0.1) is 0 Å². The van der Waals surface area contributed by atoms with E-state index in [-0.39, 0.29) is 23.4 Å². The van der Waals surface area contributed by atoms with Crippen molar-refractivity contribution in [3.8, 4) is 5.75 Å². The number of anilines is 1. The van der Waals surface area contributed by atoms with E-state index in [1.165, 1.54) is 12.1 Å². The van der Waals surface area contributed by atoms with Crippen molar-refractivity contribution in [3.63, 3.8) is 0 Å². The quantitative estimate of drug-likeness (QED) is 0.894. The molecule has 1 aromatic carbocycles. The summed E-state index contributed by atoms with van der Waals surface area (Å²) in [6, 6.07) is 5.78. The maximum atomic E-state index is 12.2. The minimum Gasteiger partial charge on any atom is -0.482 e. The lowest BCUT2D eigenvalue weighted by Crippen LogP contribution is -2.35. The molecule has 2 rings (SSSR count). The zero-order valence-electron chi connectivity index (χ0n) is 10.7. The summed E-state index contributed by atoms with van der Waals surface area (Å²) in [5, 5.41) is 5.61. The zero-order chi connectivity index (χ0) is 14.6. The average molecular weight is 288 g/mol. The van der Waals surface area contributed by atoms with Gasteiger partial charge >= 0.3 is 6.18 Å². The Hall–Kier alpha value is -1.76. The van der Waals surface area contributed by atoms with Crippen LogP contribution < -0.4 is 15.4 Å². The van der Waals surface area contributed by atoms with E-state index in [2.05, 4.69) is 10.6 Å². The van der Waals surface area contributed by atoms with Gasteiger partial charge in [0.25, 0.3) is 0 Å². The van der Waals surface area contributed by atoms with Crippen molar-refractivity contribution in [1.82, 2.24) is 5.32 Å². The highest BCUT2D eigenvalue weighted by Gasteiger charge is 2.29. The number of ether oxygens (including phenoxy) is 1. The van der Waals surface area contributed by atoms with Crippen molar-refractivity contribution in [2.45, 2.75) is 25.1 Å². The first kappa shape index (κ1) is 14.6. The van der Waals surface area contributed by atoms with E-state index >= 15 is 0 Å². The van der Waals surface area contributed by atoms with Gasteiger partial charge in [-0.05, 0) is 31.5 Å². The molecule has 0 saturated carbocycles. The van der Waals surface area contributed by atoms with E-state index in [9.17, 15) is 18.0 Å². The van der Waals surface area contributed by atoms with Gasteiger partial charge in [0, 0.05) is 0 Å². The predicted molar refractivity (Wildman–Crippen MR) is 67.6 cm³/mol. The largest absolute Gasteiger partial charge is 0.482 e. The van der Waals surface area contributed by atoms with Crippen LogP contribution in [0.5, 0.6) is 5.75 Å². The number of halogens is 3. The second kappa shape index (κ2) is 6.13. The number of rotatable bonds is 4.